The van der Waals surface area contributed by atoms with Crippen molar-refractivity contribution in [3.8, 4) is 22.9 Å². The van der Waals surface area contributed by atoms with Gasteiger partial charge in [0.25, 0.3) is 0 Å². The molecule has 180 valence electrons. The van der Waals surface area contributed by atoms with E-state index in [1.54, 1.807) is 34.4 Å². The van der Waals surface area contributed by atoms with Crippen molar-refractivity contribution in [1.82, 2.24) is 19.7 Å². The first-order valence-corrected chi connectivity index (χ1v) is 12.9. The van der Waals surface area contributed by atoms with E-state index in [9.17, 15) is 13.2 Å². The highest BCUT2D eigenvalue weighted by Gasteiger charge is 2.32. The van der Waals surface area contributed by atoms with Crippen LogP contribution in [-0.2, 0) is 27.5 Å². The molecule has 2 aromatic heterocycles. The zero-order valence-electron chi connectivity index (χ0n) is 19.6. The van der Waals surface area contributed by atoms with Crippen molar-refractivity contribution < 1.29 is 22.7 Å². The lowest BCUT2D eigenvalue weighted by atomic mass is 9.92. The number of methoxy groups -OCH3 is 1. The molecule has 1 amide bonds. The maximum Gasteiger partial charge on any atom is 0.414 e. The van der Waals surface area contributed by atoms with Gasteiger partial charge in [-0.1, -0.05) is 0 Å². The van der Waals surface area contributed by atoms with Gasteiger partial charge in [-0.25, -0.2) is 23.2 Å². The Labute approximate surface area is 198 Å². The van der Waals surface area contributed by atoms with Crippen molar-refractivity contribution in [1.29, 1.82) is 0 Å². The SMILES string of the molecule is COC(=O)N1c2ccc(-c3cnn(CCS(C)(=O)=O)c3)c(Oc3ncc(C)cn3)c2CC[C@@H]1C. The molecular formula is C23H27N5O5S. The van der Waals surface area contributed by atoms with E-state index in [-0.39, 0.29) is 24.3 Å². The summed E-state index contributed by atoms with van der Waals surface area (Å²) >= 11 is 0. The van der Waals surface area contributed by atoms with Crippen LogP contribution in [0.1, 0.15) is 24.5 Å². The number of nitrogens with zero attached hydrogens (tertiary/aromatic N) is 5. The molecule has 3 heterocycles. The van der Waals surface area contributed by atoms with Gasteiger partial charge < -0.3 is 9.47 Å². The minimum atomic E-state index is -3.12. The quantitative estimate of drug-likeness (QED) is 0.522. The normalized spacial score (nSPS) is 15.6. The van der Waals surface area contributed by atoms with Crippen molar-refractivity contribution in [2.24, 2.45) is 0 Å². The molecule has 34 heavy (non-hydrogen) atoms. The molecule has 0 fully saturated rings. The van der Waals surface area contributed by atoms with Gasteiger partial charge in [0.05, 0.1) is 31.3 Å². The molecule has 11 heteroatoms. The fourth-order valence-corrected chi connectivity index (χ4v) is 4.45. The lowest BCUT2D eigenvalue weighted by molar-refractivity contribution is 0.175. The monoisotopic (exact) mass is 485 g/mol. The first kappa shape index (κ1) is 23.7. The maximum atomic E-state index is 12.5. The van der Waals surface area contributed by atoms with Gasteiger partial charge in [0.2, 0.25) is 0 Å². The Bertz CT molecular complexity index is 1300. The third-order valence-corrected chi connectivity index (χ3v) is 6.63. The predicted octanol–water partition coefficient (Wildman–Crippen LogP) is 3.39. The number of aryl methyl sites for hydroxylation is 2. The van der Waals surface area contributed by atoms with E-state index in [1.165, 1.54) is 13.4 Å². The van der Waals surface area contributed by atoms with Gasteiger partial charge in [-0.05, 0) is 44.4 Å². The molecule has 0 N–H and O–H groups in total. The Morgan fingerprint density at radius 1 is 1.21 bits per heavy atom. The van der Waals surface area contributed by atoms with Gasteiger partial charge in [0.1, 0.15) is 15.6 Å². The zero-order valence-corrected chi connectivity index (χ0v) is 20.4. The summed E-state index contributed by atoms with van der Waals surface area (Å²) in [7, 11) is -1.75. The molecule has 0 bridgehead atoms. The van der Waals surface area contributed by atoms with Gasteiger partial charge in [0.15, 0.2) is 0 Å². The third-order valence-electron chi connectivity index (χ3n) is 5.71. The minimum absolute atomic E-state index is 0.00908. The summed E-state index contributed by atoms with van der Waals surface area (Å²) in [6.45, 7) is 4.11. The van der Waals surface area contributed by atoms with Crippen LogP contribution in [0.5, 0.6) is 11.8 Å². The molecule has 0 spiro atoms. The molecule has 0 aliphatic carbocycles. The summed E-state index contributed by atoms with van der Waals surface area (Å²) in [6.07, 6.45) is 8.95. The lowest BCUT2D eigenvalue weighted by Crippen LogP contribution is -2.42. The number of anilines is 1. The second-order valence-corrected chi connectivity index (χ2v) is 10.7. The van der Waals surface area contributed by atoms with E-state index in [0.717, 1.165) is 28.7 Å². The zero-order chi connectivity index (χ0) is 24.5. The molecule has 0 radical (unpaired) electrons. The number of carbonyl (C=O) groups excluding carboxylic acids is 1. The molecule has 10 nitrogen and oxygen atoms in total. The number of hydrogen-bond acceptors (Lipinski definition) is 8. The van der Waals surface area contributed by atoms with Gasteiger partial charge in [-0.15, -0.1) is 0 Å². The summed E-state index contributed by atoms with van der Waals surface area (Å²) in [5, 5.41) is 4.32. The van der Waals surface area contributed by atoms with Crippen LogP contribution in [0.4, 0.5) is 10.5 Å². The highest BCUT2D eigenvalue weighted by atomic mass is 32.2. The van der Waals surface area contributed by atoms with Crippen LogP contribution in [0.15, 0.2) is 36.9 Å². The maximum absolute atomic E-state index is 12.5. The molecule has 4 rings (SSSR count). The van der Waals surface area contributed by atoms with Crippen LogP contribution in [-0.4, -0.2) is 59.4 Å². The summed E-state index contributed by atoms with van der Waals surface area (Å²) < 4.78 is 35.9. The van der Waals surface area contributed by atoms with Crippen molar-refractivity contribution in [2.45, 2.75) is 39.3 Å². The number of fused-ring (bicyclic) bond motifs is 1. The van der Waals surface area contributed by atoms with Crippen LogP contribution in [0.2, 0.25) is 0 Å². The van der Waals surface area contributed by atoms with Gasteiger partial charge >= 0.3 is 12.1 Å². The molecule has 0 saturated carbocycles. The highest BCUT2D eigenvalue weighted by molar-refractivity contribution is 7.90. The summed E-state index contributed by atoms with van der Waals surface area (Å²) in [5.74, 6) is 0.523. The van der Waals surface area contributed by atoms with Crippen molar-refractivity contribution in [2.75, 3.05) is 24.0 Å². The predicted molar refractivity (Wildman–Crippen MR) is 127 cm³/mol. The number of ether oxygens (including phenoxy) is 2. The Hall–Kier alpha value is -3.47. The number of hydrogen-bond donors (Lipinski definition) is 0. The minimum Gasteiger partial charge on any atom is -0.452 e. The average molecular weight is 486 g/mol. The molecule has 1 atom stereocenters. The summed E-state index contributed by atoms with van der Waals surface area (Å²) in [6, 6.07) is 3.88. The van der Waals surface area contributed by atoms with E-state index in [1.807, 2.05) is 26.0 Å². The first-order valence-electron chi connectivity index (χ1n) is 10.9. The Balaban J connectivity index is 1.80. The Morgan fingerprint density at radius 2 is 1.94 bits per heavy atom. The Kier molecular flexibility index (Phi) is 6.56. The topological polar surface area (TPSA) is 117 Å². The molecule has 0 unspecified atom stereocenters. The van der Waals surface area contributed by atoms with Crippen molar-refractivity contribution >= 4 is 21.6 Å². The lowest BCUT2D eigenvalue weighted by Gasteiger charge is -2.35. The van der Waals surface area contributed by atoms with E-state index in [2.05, 4.69) is 15.1 Å². The average Bonchev–Trinajstić information content (AvgIpc) is 3.27. The highest BCUT2D eigenvalue weighted by Crippen LogP contribution is 2.44. The first-order chi connectivity index (χ1) is 16.2. The molecular weight excluding hydrogens is 458 g/mol. The van der Waals surface area contributed by atoms with Crippen LogP contribution >= 0.6 is 0 Å². The van der Waals surface area contributed by atoms with E-state index >= 15 is 0 Å². The van der Waals surface area contributed by atoms with Crippen molar-refractivity contribution in [3.63, 3.8) is 0 Å². The van der Waals surface area contributed by atoms with Crippen LogP contribution in [0, 0.1) is 6.92 Å². The fourth-order valence-electron chi connectivity index (χ4n) is 3.93. The van der Waals surface area contributed by atoms with E-state index in [4.69, 9.17) is 9.47 Å². The van der Waals surface area contributed by atoms with Crippen LogP contribution < -0.4 is 9.64 Å². The number of carbonyl (C=O) groups is 1. The van der Waals surface area contributed by atoms with Gasteiger partial charge in [-0.2, -0.15) is 5.10 Å². The summed E-state index contributed by atoms with van der Waals surface area (Å²) in [4.78, 5) is 22.7. The smallest absolute Gasteiger partial charge is 0.414 e. The molecule has 0 saturated heterocycles. The molecule has 1 aliphatic rings. The number of amides is 1. The number of sulfone groups is 1. The Morgan fingerprint density at radius 3 is 2.62 bits per heavy atom. The largest absolute Gasteiger partial charge is 0.452 e. The molecule has 1 aliphatic heterocycles. The van der Waals surface area contributed by atoms with Gasteiger partial charge in [0, 0.05) is 47.6 Å². The molecule has 1 aromatic carbocycles. The van der Waals surface area contributed by atoms with Crippen molar-refractivity contribution in [3.05, 3.63) is 48.0 Å². The second-order valence-electron chi connectivity index (χ2n) is 8.43. The van der Waals surface area contributed by atoms with E-state index in [0.29, 0.717) is 17.9 Å². The number of rotatable bonds is 6. The standard InChI is InChI=1S/C23H27N5O5S/c1-15-11-24-22(25-12-15)33-21-18(17-13-26-27(14-17)9-10-34(4,30)31)7-8-20-19(21)6-5-16(2)28(20)23(29)32-3/h7-8,11-14,16H,5-6,9-10H2,1-4H3/t16-/m0/s1. The fraction of sp³-hybridized carbons (Fsp3) is 0.391. The van der Waals surface area contributed by atoms with Crippen LogP contribution in [0.25, 0.3) is 11.1 Å². The van der Waals surface area contributed by atoms with Crippen LogP contribution in [0.3, 0.4) is 0 Å². The third kappa shape index (κ3) is 5.04. The second kappa shape index (κ2) is 9.41. The molecule has 3 aromatic rings. The number of benzene rings is 1. The van der Waals surface area contributed by atoms with Gasteiger partial charge in [-0.3, -0.25) is 9.58 Å². The van der Waals surface area contributed by atoms with E-state index < -0.39 is 15.9 Å². The summed E-state index contributed by atoms with van der Waals surface area (Å²) in [5.41, 5.74) is 3.95. The number of aromatic nitrogens is 4.